The number of carbonyl (C=O) groups excluding carboxylic acids is 1. The van der Waals surface area contributed by atoms with E-state index in [-0.39, 0.29) is 17.9 Å². The van der Waals surface area contributed by atoms with Gasteiger partial charge in [0.1, 0.15) is 12.2 Å². The molecular formula is C12H21N5O. The standard InChI is InChI=1S/C12H21N5O/c1-8(11-14-7-15-17-11)16-12(18)10-4-2-9(6-13)3-5-10/h7-10H,2-6,13H2,1H3,(H,16,18)(H,14,15,17). The van der Waals surface area contributed by atoms with Crippen LogP contribution in [0.2, 0.25) is 0 Å². The van der Waals surface area contributed by atoms with Crippen molar-refractivity contribution < 1.29 is 4.79 Å². The van der Waals surface area contributed by atoms with Crippen LogP contribution < -0.4 is 11.1 Å². The highest BCUT2D eigenvalue weighted by atomic mass is 16.1. The molecule has 1 aromatic rings. The van der Waals surface area contributed by atoms with Crippen molar-refractivity contribution in [3.63, 3.8) is 0 Å². The number of aromatic nitrogens is 3. The summed E-state index contributed by atoms with van der Waals surface area (Å²) in [5.74, 6) is 1.53. The molecule has 6 nitrogen and oxygen atoms in total. The molecule has 0 aromatic carbocycles. The molecule has 2 rings (SSSR count). The average Bonchev–Trinajstić information content (AvgIpc) is 2.92. The molecule has 0 spiro atoms. The van der Waals surface area contributed by atoms with E-state index >= 15 is 0 Å². The Bertz CT molecular complexity index is 370. The number of hydrogen-bond donors (Lipinski definition) is 3. The van der Waals surface area contributed by atoms with Gasteiger partial charge in [0.15, 0.2) is 0 Å². The zero-order chi connectivity index (χ0) is 13.0. The smallest absolute Gasteiger partial charge is 0.223 e. The van der Waals surface area contributed by atoms with Gasteiger partial charge in [-0.2, -0.15) is 5.10 Å². The Balaban J connectivity index is 1.82. The highest BCUT2D eigenvalue weighted by molar-refractivity contribution is 5.79. The molecule has 1 atom stereocenters. The Labute approximate surface area is 107 Å². The van der Waals surface area contributed by atoms with Crippen LogP contribution in [-0.4, -0.2) is 27.6 Å². The van der Waals surface area contributed by atoms with Gasteiger partial charge < -0.3 is 11.1 Å². The predicted octanol–water partition coefficient (Wildman–Crippen LogP) is 0.747. The molecule has 18 heavy (non-hydrogen) atoms. The molecule has 1 unspecified atom stereocenters. The van der Waals surface area contributed by atoms with E-state index < -0.39 is 0 Å². The molecule has 4 N–H and O–H groups in total. The largest absolute Gasteiger partial charge is 0.346 e. The van der Waals surface area contributed by atoms with Crippen LogP contribution in [0, 0.1) is 11.8 Å². The van der Waals surface area contributed by atoms with Crippen LogP contribution in [-0.2, 0) is 4.79 Å². The molecule has 1 aromatic heterocycles. The molecule has 6 heteroatoms. The Hall–Kier alpha value is -1.43. The molecule has 100 valence electrons. The van der Waals surface area contributed by atoms with Gasteiger partial charge in [-0.05, 0) is 45.1 Å². The number of aromatic amines is 1. The van der Waals surface area contributed by atoms with Gasteiger partial charge in [0.25, 0.3) is 0 Å². The van der Waals surface area contributed by atoms with Crippen molar-refractivity contribution in [1.29, 1.82) is 0 Å². The van der Waals surface area contributed by atoms with E-state index in [1.807, 2.05) is 6.92 Å². The van der Waals surface area contributed by atoms with Crippen LogP contribution in [0.1, 0.15) is 44.5 Å². The van der Waals surface area contributed by atoms with Crippen LogP contribution >= 0.6 is 0 Å². The van der Waals surface area contributed by atoms with Crippen LogP contribution in [0.15, 0.2) is 6.33 Å². The molecule has 1 heterocycles. The van der Waals surface area contributed by atoms with Crippen molar-refractivity contribution in [3.8, 4) is 0 Å². The number of amides is 1. The summed E-state index contributed by atoms with van der Waals surface area (Å²) >= 11 is 0. The van der Waals surface area contributed by atoms with E-state index in [9.17, 15) is 4.79 Å². The Morgan fingerprint density at radius 2 is 2.28 bits per heavy atom. The summed E-state index contributed by atoms with van der Waals surface area (Å²) in [6.07, 6.45) is 5.45. The molecule has 0 aliphatic heterocycles. The normalized spacial score (nSPS) is 25.7. The summed E-state index contributed by atoms with van der Waals surface area (Å²) in [7, 11) is 0. The van der Waals surface area contributed by atoms with Gasteiger partial charge in [-0.25, -0.2) is 4.98 Å². The number of nitrogens with zero attached hydrogens (tertiary/aromatic N) is 2. The maximum Gasteiger partial charge on any atom is 0.223 e. The van der Waals surface area contributed by atoms with E-state index in [0.29, 0.717) is 11.7 Å². The number of rotatable bonds is 4. The number of nitrogens with one attached hydrogen (secondary N) is 2. The molecule has 1 aliphatic carbocycles. The second kappa shape index (κ2) is 5.95. The quantitative estimate of drug-likeness (QED) is 0.735. The minimum atomic E-state index is -0.118. The molecule has 1 fully saturated rings. The first-order valence-corrected chi connectivity index (χ1v) is 6.56. The topological polar surface area (TPSA) is 96.7 Å². The summed E-state index contributed by atoms with van der Waals surface area (Å²) in [6.45, 7) is 2.65. The van der Waals surface area contributed by atoms with E-state index in [1.54, 1.807) is 0 Å². The lowest BCUT2D eigenvalue weighted by atomic mass is 9.81. The lowest BCUT2D eigenvalue weighted by molar-refractivity contribution is -0.126. The molecule has 0 radical (unpaired) electrons. The summed E-state index contributed by atoms with van der Waals surface area (Å²) < 4.78 is 0. The Kier molecular flexibility index (Phi) is 4.30. The van der Waals surface area contributed by atoms with Crippen LogP contribution in [0.5, 0.6) is 0 Å². The molecule has 0 saturated heterocycles. The number of nitrogens with two attached hydrogens (primary N) is 1. The summed E-state index contributed by atoms with van der Waals surface area (Å²) in [5, 5.41) is 9.53. The third kappa shape index (κ3) is 3.07. The first-order chi connectivity index (χ1) is 8.70. The second-order valence-corrected chi connectivity index (χ2v) is 5.05. The van der Waals surface area contributed by atoms with Crippen molar-refractivity contribution in [1.82, 2.24) is 20.5 Å². The third-order valence-electron chi connectivity index (χ3n) is 3.75. The van der Waals surface area contributed by atoms with Gasteiger partial charge in [0, 0.05) is 5.92 Å². The molecular weight excluding hydrogens is 230 g/mol. The van der Waals surface area contributed by atoms with Gasteiger partial charge in [-0.15, -0.1) is 0 Å². The summed E-state index contributed by atoms with van der Waals surface area (Å²) in [4.78, 5) is 16.1. The van der Waals surface area contributed by atoms with Crippen molar-refractivity contribution in [2.24, 2.45) is 17.6 Å². The van der Waals surface area contributed by atoms with E-state index in [1.165, 1.54) is 6.33 Å². The fraction of sp³-hybridized carbons (Fsp3) is 0.750. The van der Waals surface area contributed by atoms with Gasteiger partial charge in [-0.1, -0.05) is 0 Å². The van der Waals surface area contributed by atoms with E-state index in [2.05, 4.69) is 20.5 Å². The zero-order valence-electron chi connectivity index (χ0n) is 10.7. The average molecular weight is 251 g/mol. The fourth-order valence-corrected chi connectivity index (χ4v) is 2.48. The maximum atomic E-state index is 12.1. The maximum absolute atomic E-state index is 12.1. The number of H-pyrrole nitrogens is 1. The molecule has 0 bridgehead atoms. The summed E-state index contributed by atoms with van der Waals surface area (Å²) in [6, 6.07) is -0.118. The van der Waals surface area contributed by atoms with E-state index in [4.69, 9.17) is 5.73 Å². The van der Waals surface area contributed by atoms with Gasteiger partial charge in [0.2, 0.25) is 5.91 Å². The minimum absolute atomic E-state index is 0.118. The highest BCUT2D eigenvalue weighted by Gasteiger charge is 2.26. The fourth-order valence-electron chi connectivity index (χ4n) is 2.48. The molecule has 1 aliphatic rings. The molecule has 1 saturated carbocycles. The van der Waals surface area contributed by atoms with Crippen molar-refractivity contribution in [2.45, 2.75) is 38.6 Å². The zero-order valence-corrected chi connectivity index (χ0v) is 10.7. The van der Waals surface area contributed by atoms with Crippen LogP contribution in [0.25, 0.3) is 0 Å². The Morgan fingerprint density at radius 3 is 2.83 bits per heavy atom. The van der Waals surface area contributed by atoms with Crippen LogP contribution in [0.4, 0.5) is 0 Å². The first-order valence-electron chi connectivity index (χ1n) is 6.56. The van der Waals surface area contributed by atoms with Gasteiger partial charge >= 0.3 is 0 Å². The SMILES string of the molecule is CC(NC(=O)C1CCC(CN)CC1)c1ncn[nH]1. The van der Waals surface area contributed by atoms with Crippen molar-refractivity contribution >= 4 is 5.91 Å². The number of carbonyl (C=O) groups is 1. The van der Waals surface area contributed by atoms with Crippen LogP contribution in [0.3, 0.4) is 0 Å². The lowest BCUT2D eigenvalue weighted by Gasteiger charge is -2.27. The summed E-state index contributed by atoms with van der Waals surface area (Å²) in [5.41, 5.74) is 5.65. The monoisotopic (exact) mass is 251 g/mol. The predicted molar refractivity (Wildman–Crippen MR) is 67.4 cm³/mol. The first kappa shape index (κ1) is 13.0. The van der Waals surface area contributed by atoms with Gasteiger partial charge in [-0.3, -0.25) is 9.89 Å². The Morgan fingerprint density at radius 1 is 1.56 bits per heavy atom. The third-order valence-corrected chi connectivity index (χ3v) is 3.75. The van der Waals surface area contributed by atoms with Crippen molar-refractivity contribution in [2.75, 3.05) is 6.54 Å². The second-order valence-electron chi connectivity index (χ2n) is 5.05. The lowest BCUT2D eigenvalue weighted by Crippen LogP contribution is -2.36. The number of hydrogen-bond acceptors (Lipinski definition) is 4. The van der Waals surface area contributed by atoms with Crippen molar-refractivity contribution in [3.05, 3.63) is 12.2 Å². The van der Waals surface area contributed by atoms with Gasteiger partial charge in [0.05, 0.1) is 6.04 Å². The molecule has 1 amide bonds. The highest BCUT2D eigenvalue weighted by Crippen LogP contribution is 2.28. The van der Waals surface area contributed by atoms with E-state index in [0.717, 1.165) is 32.2 Å². The minimum Gasteiger partial charge on any atom is -0.346 e.